The van der Waals surface area contributed by atoms with Crippen molar-refractivity contribution < 1.29 is 57.1 Å². The number of hydrogen-bond donors (Lipinski definition) is 0. The van der Waals surface area contributed by atoms with E-state index in [1.807, 2.05) is 197 Å². The Morgan fingerprint density at radius 2 is 0.585 bits per heavy atom. The number of para-hydroxylation sites is 5. The van der Waals surface area contributed by atoms with E-state index in [4.69, 9.17) is 57.1 Å². The van der Waals surface area contributed by atoms with Gasteiger partial charge in [-0.2, -0.15) is 0 Å². The first-order valence-corrected chi connectivity index (χ1v) is 43.8. The summed E-state index contributed by atoms with van der Waals surface area (Å²) in [6, 6.07) is 51.6. The minimum Gasteiger partial charge on any atom is -0.488 e. The molecule has 0 aliphatic carbocycles. The molecule has 0 N–H and O–H groups in total. The van der Waals surface area contributed by atoms with Crippen molar-refractivity contribution in [2.75, 3.05) is 0 Å². The molecule has 8 heteroatoms. The molecule has 0 bridgehead atoms. The third-order valence-electron chi connectivity index (χ3n) is 17.1. The number of benzene rings is 9. The Labute approximate surface area is 774 Å². The highest BCUT2D eigenvalue weighted by atomic mass is 16.5. The largest absolute Gasteiger partial charge is 0.488 e. The van der Waals surface area contributed by atoms with Crippen LogP contribution >= 0.6 is 0 Å². The molecule has 9 rings (SSSR count). The molecule has 1 atom stereocenters. The average molecular weight is 1700 g/mol. The van der Waals surface area contributed by atoms with Gasteiger partial charge in [0.2, 0.25) is 0 Å². The molecule has 0 fully saturated rings. The second kappa shape index (κ2) is 47.6. The first-order chi connectivity index (χ1) is 61.3. The summed E-state index contributed by atoms with van der Waals surface area (Å²) in [7, 11) is 0. The lowest BCUT2D eigenvalue weighted by molar-refractivity contribution is 0.126. The first kappa shape index (κ1) is 87.8. The number of ether oxygens (including phenoxy) is 8. The monoisotopic (exact) mass is 1700 g/mol. The molecule has 0 saturated carbocycles. The lowest BCUT2D eigenvalue weighted by atomic mass is 9.86. The van der Waals surface area contributed by atoms with E-state index in [1.54, 1.807) is 45.0 Å². The molecular weight excluding hydrogens is 1510 g/mol. The van der Waals surface area contributed by atoms with E-state index >= 15 is 0 Å². The Balaban J connectivity index is 0.000000531. The van der Waals surface area contributed by atoms with Crippen LogP contribution in [0.1, 0.15) is 402 Å². The number of rotatable bonds is 15. The zero-order chi connectivity index (χ0) is 107. The van der Waals surface area contributed by atoms with E-state index in [-0.39, 0.29) is 63.3 Å². The average Bonchev–Trinajstić information content (AvgIpc) is 0.754. The van der Waals surface area contributed by atoms with Gasteiger partial charge in [-0.15, -0.1) is 0 Å². The van der Waals surface area contributed by atoms with Gasteiger partial charge < -0.3 is 37.9 Å². The maximum absolute atomic E-state index is 8.36. The third-order valence-corrected chi connectivity index (χ3v) is 17.1. The highest BCUT2D eigenvalue weighted by Gasteiger charge is 2.27. The maximum atomic E-state index is 8.36. The predicted octanol–water partition coefficient (Wildman–Crippen LogP) is 34.8. The molecule has 0 radical (unpaired) electrons. The maximum Gasteiger partial charge on any atom is 0.127 e. The fourth-order valence-electron chi connectivity index (χ4n) is 12.3. The fraction of sp³-hybridized carbons (Fsp3) is 0.530. The summed E-state index contributed by atoms with van der Waals surface area (Å²) < 4.78 is 157. The van der Waals surface area contributed by atoms with Gasteiger partial charge in [0, 0.05) is 19.3 Å². The smallest absolute Gasteiger partial charge is 0.127 e. The van der Waals surface area contributed by atoms with Gasteiger partial charge in [0.15, 0.2) is 0 Å². The normalized spacial score (nSPS) is 14.5. The van der Waals surface area contributed by atoms with E-state index < -0.39 is 54.1 Å². The molecule has 9 aromatic carbocycles. The Hall–Kier alpha value is -8.62. The molecule has 0 saturated heterocycles. The molecule has 682 valence electrons. The third kappa shape index (κ3) is 43.7. The lowest BCUT2D eigenvalue weighted by Gasteiger charge is -2.28. The van der Waals surface area contributed by atoms with Gasteiger partial charge in [-0.3, -0.25) is 0 Å². The van der Waals surface area contributed by atoms with Gasteiger partial charge in [-0.25, -0.2) is 0 Å². The lowest BCUT2D eigenvalue weighted by Crippen LogP contribution is -2.25. The molecule has 0 aliphatic heterocycles. The van der Waals surface area contributed by atoms with E-state index in [1.165, 1.54) is 45.9 Å². The molecule has 123 heavy (non-hydrogen) atoms. The highest BCUT2D eigenvalue weighted by molar-refractivity contribution is 5.70. The van der Waals surface area contributed by atoms with Crippen LogP contribution in [-0.2, 0) is 5.41 Å². The van der Waals surface area contributed by atoms with Crippen molar-refractivity contribution in [1.82, 2.24) is 0 Å². The van der Waals surface area contributed by atoms with Crippen LogP contribution in [0.3, 0.4) is 0 Å². The van der Waals surface area contributed by atoms with Gasteiger partial charge >= 0.3 is 0 Å². The standard InChI is InChI=1S/C16H18O.3C16H26O.C14H22O.2C13H20O.C11H16O/c1-16(2,3)17-15-12-8-7-11-14(15)13-9-5-4-6-10-13;3*1-11(2)13-9-8-10-14(12(3)4)15(13)17-16(5,6)7;1-13(2,3)11-9-7-8-10-12(11)15-14(4,5)6;2*1-9-7-10(2)12(11(3)8-9)14-13(4,5)6;1-9-6-5-7-10(8-9)12-11(2,3)4/h4-12H,1-3H3;3*8-12H,1-7H3;7-10H,1-6H3;2*7-8H,1-6H3;5-8H,1-4H3/i;1D3,11D,12D;11D,12D;;;2D3;;5D,6D,7D,8D. The summed E-state index contributed by atoms with van der Waals surface area (Å²) in [4.78, 5) is 0. The van der Waals surface area contributed by atoms with Crippen molar-refractivity contribution in [1.29, 1.82) is 0 Å². The van der Waals surface area contributed by atoms with Crippen LogP contribution < -0.4 is 37.9 Å². The Bertz CT molecular complexity index is 5200. The van der Waals surface area contributed by atoms with E-state index in [9.17, 15) is 0 Å². The van der Waals surface area contributed by atoms with Gasteiger partial charge in [-0.1, -0.05) is 273 Å². The predicted molar refractivity (Wildman–Crippen MR) is 536 cm³/mol. The molecule has 0 spiro atoms. The van der Waals surface area contributed by atoms with Crippen LogP contribution in [0.2, 0.25) is 0 Å². The Morgan fingerprint density at radius 1 is 0.285 bits per heavy atom. The van der Waals surface area contributed by atoms with Gasteiger partial charge in [0.05, 0.1) is 5.48 Å². The zero-order valence-corrected chi connectivity index (χ0v) is 84.9. The van der Waals surface area contributed by atoms with E-state index in [0.29, 0.717) is 51.3 Å². The van der Waals surface area contributed by atoms with Crippen LogP contribution in [0, 0.1) is 48.4 Å². The molecule has 9 aromatic rings. The summed E-state index contributed by atoms with van der Waals surface area (Å²) in [6.07, 6.45) is 0. The molecular formula is C115H174O8. The van der Waals surface area contributed by atoms with Crippen molar-refractivity contribution in [3.63, 3.8) is 0 Å². The second-order valence-electron chi connectivity index (χ2n) is 42.0. The highest BCUT2D eigenvalue weighted by Crippen LogP contribution is 2.42. The first-order valence-electron chi connectivity index (χ1n) is 50.8. The SMILES string of the molecule is CC(C)(C)Oc1ccccc1-c1ccccc1.CC(C)(C)Oc1ccccc1C(C)(C)C.CC(C)c1cccc(C(C)C)c1OC(C)(C)C.Cc1cc(C)c(OC(C)(C)C)c(C)c1.[2H]C(C)(C)c1cccc(C([2H])(C)C([2H])([2H])[2H])c1OC(C)(C)C.[2H]C(C)(C)c1cccc(C([2H])(C)C)c1OC(C)(C)C.[2H]C([2H])([2H])c1cc(C)cc(C)c1OC(C)(C)C.[2H]c1c([2H])c(C)c([2H])c(OC(C)(C)C)c1[2H]. The quantitative estimate of drug-likeness (QED) is 0.101. The second-order valence-corrected chi connectivity index (χ2v) is 42.0. The minimum absolute atomic E-state index is 0.0286. The topological polar surface area (TPSA) is 73.8 Å². The Morgan fingerprint density at radius 3 is 0.927 bits per heavy atom. The van der Waals surface area contributed by atoms with Crippen LogP contribution in [0.25, 0.3) is 11.1 Å². The summed E-state index contributed by atoms with van der Waals surface area (Å²) in [5, 5.41) is 0. The summed E-state index contributed by atoms with van der Waals surface area (Å²) in [5.74, 6) is 2.38. The summed E-state index contributed by atoms with van der Waals surface area (Å²) >= 11 is 0. The van der Waals surface area contributed by atoms with Crippen LogP contribution in [0.5, 0.6) is 46.0 Å². The Kier molecular flexibility index (Phi) is 34.0. The fourth-order valence-corrected chi connectivity index (χ4v) is 12.3. The molecule has 0 aliphatic rings. The van der Waals surface area contributed by atoms with Crippen molar-refractivity contribution in [2.45, 2.75) is 404 Å². The van der Waals surface area contributed by atoms with E-state index in [2.05, 4.69) is 213 Å². The molecule has 8 nitrogen and oxygen atoms in total. The van der Waals surface area contributed by atoms with Gasteiger partial charge in [0.1, 0.15) is 90.8 Å². The summed E-state index contributed by atoms with van der Waals surface area (Å²) in [6.45, 7) is 82.4. The van der Waals surface area contributed by atoms with Gasteiger partial charge in [0.25, 0.3) is 0 Å². The van der Waals surface area contributed by atoms with Crippen molar-refractivity contribution in [3.05, 3.63) is 260 Å². The minimum atomic E-state index is -2.49. The van der Waals surface area contributed by atoms with Crippen molar-refractivity contribution in [3.8, 4) is 57.1 Å². The zero-order valence-electron chi connectivity index (χ0n) is 98.9. The molecule has 0 amide bonds. The number of aryl methyl sites for hydroxylation is 6. The molecule has 0 heterocycles. The number of hydrogen-bond acceptors (Lipinski definition) is 8. The summed E-state index contributed by atoms with van der Waals surface area (Å²) in [5.41, 5.74) is 12.7. The van der Waals surface area contributed by atoms with Crippen molar-refractivity contribution in [2.24, 2.45) is 0 Å². The van der Waals surface area contributed by atoms with Crippen LogP contribution in [-0.4, -0.2) is 44.8 Å². The van der Waals surface area contributed by atoms with E-state index in [0.717, 1.165) is 50.8 Å². The van der Waals surface area contributed by atoms with Crippen LogP contribution in [0.4, 0.5) is 0 Å². The molecule has 0 aromatic heterocycles. The van der Waals surface area contributed by atoms with Crippen LogP contribution in [0.15, 0.2) is 182 Å². The van der Waals surface area contributed by atoms with Gasteiger partial charge in [-0.05, 0) is 352 Å². The van der Waals surface area contributed by atoms with Crippen molar-refractivity contribution >= 4 is 0 Å². The molecule has 1 unspecified atom stereocenters.